The molecule has 0 aliphatic carbocycles. The average Bonchev–Trinajstić information content (AvgIpc) is 2.68. The van der Waals surface area contributed by atoms with Gasteiger partial charge in [0.05, 0.1) is 12.5 Å². The molecule has 0 saturated carbocycles. The summed E-state index contributed by atoms with van der Waals surface area (Å²) in [6.07, 6.45) is 0.403. The van der Waals surface area contributed by atoms with Gasteiger partial charge in [-0.1, -0.05) is 27.7 Å². The molecule has 4 atom stereocenters. The first-order chi connectivity index (χ1) is 15.3. The summed E-state index contributed by atoms with van der Waals surface area (Å²) in [7, 11) is 0. The highest BCUT2D eigenvalue weighted by Gasteiger charge is 2.31. The zero-order valence-electron chi connectivity index (χ0n) is 19.9. The van der Waals surface area contributed by atoms with Crippen LogP contribution in [0.1, 0.15) is 66.7 Å². The Bertz CT molecular complexity index is 766. The minimum atomic E-state index is -1.16. The molecule has 5 N–H and O–H groups in total. The minimum Gasteiger partial charge on any atom is -0.480 e. The Balaban J connectivity index is 2.74. The number of carboxylic acid groups (broad SMARTS) is 1. The summed E-state index contributed by atoms with van der Waals surface area (Å²) in [5, 5.41) is 19.3. The highest BCUT2D eigenvalue weighted by molar-refractivity contribution is 5.99. The number of Topliss-reactive ketones (excluding diaryl/α,β-unsaturated/α-hetero) is 1. The van der Waals surface area contributed by atoms with Gasteiger partial charge >= 0.3 is 5.97 Å². The third kappa shape index (κ3) is 10.0. The fourth-order valence-corrected chi connectivity index (χ4v) is 3.43. The quantitative estimate of drug-likeness (QED) is 0.266. The van der Waals surface area contributed by atoms with E-state index in [1.807, 2.05) is 27.7 Å². The van der Waals surface area contributed by atoms with Gasteiger partial charge in [0.2, 0.25) is 23.6 Å². The highest BCUT2D eigenvalue weighted by Crippen LogP contribution is 2.10. The number of nitrogens with one attached hydrogen (secondary N) is 4. The summed E-state index contributed by atoms with van der Waals surface area (Å²) < 4.78 is 0. The molecule has 1 saturated heterocycles. The normalized spacial score (nSPS) is 18.8. The van der Waals surface area contributed by atoms with E-state index in [4.69, 9.17) is 0 Å². The predicted molar refractivity (Wildman–Crippen MR) is 119 cm³/mol. The maximum absolute atomic E-state index is 12.8. The van der Waals surface area contributed by atoms with Crippen molar-refractivity contribution < 1.29 is 33.9 Å². The number of rotatable bonds is 12. The first kappa shape index (κ1) is 28.1. The number of carboxylic acids is 1. The second-order valence-corrected chi connectivity index (χ2v) is 9.30. The summed E-state index contributed by atoms with van der Waals surface area (Å²) in [5.41, 5.74) is 0. The van der Waals surface area contributed by atoms with E-state index < -0.39 is 47.9 Å². The molecule has 0 radical (unpaired) electrons. The smallest absolute Gasteiger partial charge is 0.326 e. The number of aliphatic carboxylic acids is 1. The molecule has 11 nitrogen and oxygen atoms in total. The van der Waals surface area contributed by atoms with Crippen molar-refractivity contribution in [1.82, 2.24) is 21.3 Å². The number of carbonyl (C=O) groups excluding carboxylic acids is 5. The lowest BCUT2D eigenvalue weighted by atomic mass is 9.98. The van der Waals surface area contributed by atoms with Crippen LogP contribution in [-0.4, -0.2) is 64.7 Å². The maximum atomic E-state index is 12.8. The molecule has 1 aliphatic heterocycles. The fourth-order valence-electron chi connectivity index (χ4n) is 3.43. The van der Waals surface area contributed by atoms with E-state index in [-0.39, 0.29) is 55.6 Å². The van der Waals surface area contributed by atoms with E-state index in [9.17, 15) is 33.9 Å². The second kappa shape index (κ2) is 12.9. The van der Waals surface area contributed by atoms with Gasteiger partial charge in [-0.05, 0) is 31.6 Å². The highest BCUT2D eigenvalue weighted by atomic mass is 16.4. The zero-order valence-corrected chi connectivity index (χ0v) is 19.9. The van der Waals surface area contributed by atoms with Gasteiger partial charge in [0.15, 0.2) is 5.78 Å². The van der Waals surface area contributed by atoms with Crippen molar-refractivity contribution >= 4 is 35.4 Å². The molecule has 11 heteroatoms. The summed E-state index contributed by atoms with van der Waals surface area (Å²) in [6, 6.07) is -4.00. The molecule has 0 bridgehead atoms. The molecule has 1 aliphatic rings. The average molecular weight is 469 g/mol. The van der Waals surface area contributed by atoms with Gasteiger partial charge in [0.25, 0.3) is 0 Å². The van der Waals surface area contributed by atoms with Crippen molar-refractivity contribution in [1.29, 1.82) is 0 Å². The van der Waals surface area contributed by atoms with E-state index in [1.54, 1.807) is 0 Å². The van der Waals surface area contributed by atoms with Crippen molar-refractivity contribution in [3.05, 3.63) is 0 Å². The van der Waals surface area contributed by atoms with E-state index >= 15 is 0 Å². The van der Waals surface area contributed by atoms with Gasteiger partial charge in [0, 0.05) is 12.8 Å². The predicted octanol–water partition coefficient (Wildman–Crippen LogP) is -0.125. The van der Waals surface area contributed by atoms with Crippen LogP contribution < -0.4 is 21.3 Å². The van der Waals surface area contributed by atoms with Crippen LogP contribution in [0, 0.1) is 11.8 Å². The van der Waals surface area contributed by atoms with Crippen molar-refractivity contribution in [2.75, 3.05) is 0 Å². The molecule has 0 aromatic heterocycles. The molecule has 1 fully saturated rings. The fraction of sp³-hybridized carbons (Fsp3) is 0.727. The molecule has 186 valence electrons. The number of ketones is 1. The molecular formula is C22H36N4O7. The van der Waals surface area contributed by atoms with E-state index in [2.05, 4.69) is 21.3 Å². The van der Waals surface area contributed by atoms with Crippen molar-refractivity contribution in [2.45, 2.75) is 90.9 Å². The van der Waals surface area contributed by atoms with Gasteiger partial charge in [-0.3, -0.25) is 24.0 Å². The monoisotopic (exact) mass is 468 g/mol. The second-order valence-electron chi connectivity index (χ2n) is 9.30. The van der Waals surface area contributed by atoms with E-state index in [0.29, 0.717) is 0 Å². The molecule has 1 unspecified atom stereocenters. The zero-order chi connectivity index (χ0) is 25.3. The molecule has 33 heavy (non-hydrogen) atoms. The lowest BCUT2D eigenvalue weighted by molar-refractivity contribution is -0.142. The summed E-state index contributed by atoms with van der Waals surface area (Å²) in [6.45, 7) is 8.80. The number of piperidine rings is 1. The number of hydrogen-bond donors (Lipinski definition) is 5. The Morgan fingerprint density at radius 3 is 2.00 bits per heavy atom. The van der Waals surface area contributed by atoms with Crippen molar-refractivity contribution in [3.63, 3.8) is 0 Å². The Hall–Kier alpha value is -2.98. The summed E-state index contributed by atoms with van der Waals surface area (Å²) in [4.78, 5) is 72.5. The standard InChI is InChI=1S/C22H36N4O7/c1-11(2)8-15(25-19(29)10-14-17(27)6-7-18(28)24-14)21(31)23-13(5)20(30)26-16(22(32)33)9-12(3)4/h11-16H,6-10H2,1-5H3,(H,23,31)(H,24,28)(H,25,29)(H,26,30)(H,32,33)/t13-,14?,15-,16-/m0/s1. The van der Waals surface area contributed by atoms with Crippen LogP contribution in [0.3, 0.4) is 0 Å². The molecule has 1 heterocycles. The van der Waals surface area contributed by atoms with Crippen LogP contribution in [0.15, 0.2) is 0 Å². The van der Waals surface area contributed by atoms with Gasteiger partial charge in [0.1, 0.15) is 18.1 Å². The number of carbonyl (C=O) groups is 6. The van der Waals surface area contributed by atoms with Crippen LogP contribution in [0.5, 0.6) is 0 Å². The molecule has 4 amide bonds. The number of hydrogen-bond acceptors (Lipinski definition) is 6. The van der Waals surface area contributed by atoms with Crippen LogP contribution in [-0.2, 0) is 28.8 Å². The third-order valence-electron chi connectivity index (χ3n) is 5.14. The van der Waals surface area contributed by atoms with Crippen LogP contribution in [0.4, 0.5) is 0 Å². The van der Waals surface area contributed by atoms with Crippen molar-refractivity contribution in [3.8, 4) is 0 Å². The van der Waals surface area contributed by atoms with Crippen molar-refractivity contribution in [2.24, 2.45) is 11.8 Å². The Kier molecular flexibility index (Phi) is 11.0. The summed E-state index contributed by atoms with van der Waals surface area (Å²) in [5.74, 6) is -3.46. The molecule has 0 spiro atoms. The molecular weight excluding hydrogens is 432 g/mol. The molecule has 1 rings (SSSR count). The number of amides is 4. The molecule has 0 aromatic rings. The van der Waals surface area contributed by atoms with Gasteiger partial charge in [-0.15, -0.1) is 0 Å². The van der Waals surface area contributed by atoms with Crippen LogP contribution in [0.25, 0.3) is 0 Å². The Morgan fingerprint density at radius 1 is 0.879 bits per heavy atom. The van der Waals surface area contributed by atoms with E-state index in [0.717, 1.165) is 0 Å². The van der Waals surface area contributed by atoms with E-state index in [1.165, 1.54) is 6.92 Å². The van der Waals surface area contributed by atoms with Gasteiger partial charge in [-0.25, -0.2) is 4.79 Å². The maximum Gasteiger partial charge on any atom is 0.326 e. The largest absolute Gasteiger partial charge is 0.480 e. The minimum absolute atomic E-state index is 0.0311. The first-order valence-electron chi connectivity index (χ1n) is 11.2. The topological polar surface area (TPSA) is 171 Å². The SMILES string of the molecule is CC(C)C[C@H](NC(=O)[C@H](C)NC(=O)[C@H](CC(C)C)NC(=O)CC1NC(=O)CCC1=O)C(=O)O. The lowest BCUT2D eigenvalue weighted by Crippen LogP contribution is -2.56. The van der Waals surface area contributed by atoms with Crippen LogP contribution >= 0.6 is 0 Å². The Labute approximate surface area is 193 Å². The van der Waals surface area contributed by atoms with Gasteiger partial charge in [-0.2, -0.15) is 0 Å². The Morgan fingerprint density at radius 2 is 1.45 bits per heavy atom. The lowest BCUT2D eigenvalue weighted by Gasteiger charge is -2.25. The third-order valence-corrected chi connectivity index (χ3v) is 5.14. The van der Waals surface area contributed by atoms with Crippen LogP contribution in [0.2, 0.25) is 0 Å². The molecule has 0 aromatic carbocycles. The van der Waals surface area contributed by atoms with Gasteiger partial charge < -0.3 is 26.4 Å². The summed E-state index contributed by atoms with van der Waals surface area (Å²) >= 11 is 0. The first-order valence-corrected chi connectivity index (χ1v) is 11.2.